The highest BCUT2D eigenvalue weighted by atomic mass is 35.5. The Morgan fingerprint density at radius 3 is 2.53 bits per heavy atom. The van der Waals surface area contributed by atoms with E-state index in [-0.39, 0.29) is 0 Å². The molecule has 2 aromatic rings. The van der Waals surface area contributed by atoms with Crippen LogP contribution in [0.3, 0.4) is 0 Å². The van der Waals surface area contributed by atoms with Crippen LogP contribution in [-0.2, 0) is 0 Å². The van der Waals surface area contributed by atoms with Crippen molar-refractivity contribution in [3.63, 3.8) is 0 Å². The number of thiocarbonyl (C=S) groups is 1. The number of benzene rings is 2. The minimum absolute atomic E-state index is 0.566. The van der Waals surface area contributed by atoms with Crippen LogP contribution in [0.2, 0.25) is 5.02 Å². The Morgan fingerprint density at radius 1 is 1.12 bits per heavy atom. The van der Waals surface area contributed by atoms with Crippen molar-refractivity contribution in [3.05, 3.63) is 59.1 Å². The average molecular weight is 263 g/mol. The summed E-state index contributed by atoms with van der Waals surface area (Å²) in [5, 5.41) is 3.74. The molecule has 86 valence electrons. The van der Waals surface area contributed by atoms with Gasteiger partial charge in [-0.05, 0) is 30.3 Å². The molecule has 0 bridgehead atoms. The van der Waals surface area contributed by atoms with Gasteiger partial charge >= 0.3 is 0 Å². The summed E-state index contributed by atoms with van der Waals surface area (Å²) < 4.78 is 0. The van der Waals surface area contributed by atoms with E-state index in [0.29, 0.717) is 15.7 Å². The van der Waals surface area contributed by atoms with Gasteiger partial charge in [0.2, 0.25) is 0 Å². The van der Waals surface area contributed by atoms with Gasteiger partial charge in [0.05, 0.1) is 0 Å². The van der Waals surface area contributed by atoms with Crippen molar-refractivity contribution in [3.8, 4) is 0 Å². The Hall–Kier alpha value is -1.58. The number of anilines is 2. The van der Waals surface area contributed by atoms with Crippen LogP contribution >= 0.6 is 23.8 Å². The molecule has 0 aliphatic rings. The van der Waals surface area contributed by atoms with E-state index in [2.05, 4.69) is 5.32 Å². The molecule has 17 heavy (non-hydrogen) atoms. The number of rotatable bonds is 2. The van der Waals surface area contributed by atoms with Crippen molar-refractivity contribution < 1.29 is 0 Å². The Labute approximate surface area is 110 Å². The van der Waals surface area contributed by atoms with Gasteiger partial charge in [-0.3, -0.25) is 0 Å². The minimum Gasteiger partial charge on any atom is -0.398 e. The fraction of sp³-hybridized carbons (Fsp3) is 0. The van der Waals surface area contributed by atoms with E-state index in [4.69, 9.17) is 29.6 Å². The van der Waals surface area contributed by atoms with E-state index in [1.54, 1.807) is 18.2 Å². The van der Waals surface area contributed by atoms with Crippen LogP contribution in [-0.4, -0.2) is 4.99 Å². The van der Waals surface area contributed by atoms with Gasteiger partial charge in [-0.2, -0.15) is 0 Å². The molecule has 0 amide bonds. The van der Waals surface area contributed by atoms with Crippen LogP contribution in [0.4, 0.5) is 11.4 Å². The van der Waals surface area contributed by atoms with Crippen LogP contribution in [0.15, 0.2) is 48.5 Å². The number of hydrogen-bond acceptors (Lipinski definition) is 2. The average Bonchev–Trinajstić information content (AvgIpc) is 2.33. The number of para-hydroxylation sites is 1. The minimum atomic E-state index is 0.566. The first-order chi connectivity index (χ1) is 8.16. The Balaban J connectivity index is 2.23. The highest BCUT2D eigenvalue weighted by Crippen LogP contribution is 2.20. The van der Waals surface area contributed by atoms with Gasteiger partial charge in [0.25, 0.3) is 0 Å². The number of nitrogens with one attached hydrogen (secondary N) is 1. The maximum Gasteiger partial charge on any atom is 0.113 e. The Morgan fingerprint density at radius 2 is 1.82 bits per heavy atom. The third kappa shape index (κ3) is 2.96. The zero-order valence-corrected chi connectivity index (χ0v) is 10.6. The molecule has 2 aromatic carbocycles. The summed E-state index contributed by atoms with van der Waals surface area (Å²) in [6.45, 7) is 0. The molecule has 0 fully saturated rings. The molecule has 0 atom stereocenters. The lowest BCUT2D eigenvalue weighted by Crippen LogP contribution is -2.12. The van der Waals surface area contributed by atoms with Crippen LogP contribution in [0, 0.1) is 0 Å². The van der Waals surface area contributed by atoms with Gasteiger partial charge in [-0.25, -0.2) is 0 Å². The molecule has 0 aliphatic heterocycles. The van der Waals surface area contributed by atoms with Crippen LogP contribution in [0.5, 0.6) is 0 Å². The van der Waals surface area contributed by atoms with Crippen molar-refractivity contribution in [1.82, 2.24) is 0 Å². The number of nitrogens with two attached hydrogens (primary N) is 1. The van der Waals surface area contributed by atoms with E-state index in [0.717, 1.165) is 11.3 Å². The summed E-state index contributed by atoms with van der Waals surface area (Å²) >= 11 is 11.2. The molecule has 2 nitrogen and oxygen atoms in total. The molecular formula is C13H11ClN2S. The molecular weight excluding hydrogens is 252 g/mol. The topological polar surface area (TPSA) is 38.0 Å². The van der Waals surface area contributed by atoms with Crippen LogP contribution < -0.4 is 11.1 Å². The molecule has 0 aromatic heterocycles. The van der Waals surface area contributed by atoms with E-state index in [9.17, 15) is 0 Å². The first-order valence-corrected chi connectivity index (χ1v) is 5.87. The fourth-order valence-corrected chi connectivity index (χ4v) is 1.91. The van der Waals surface area contributed by atoms with E-state index in [1.165, 1.54) is 0 Å². The molecule has 3 N–H and O–H groups in total. The Bertz CT molecular complexity index is 540. The molecule has 0 radical (unpaired) electrons. The number of halogens is 1. The van der Waals surface area contributed by atoms with Crippen molar-refractivity contribution in [2.45, 2.75) is 0 Å². The normalized spacial score (nSPS) is 9.94. The molecule has 0 saturated carbocycles. The second kappa shape index (κ2) is 5.17. The molecule has 0 aliphatic carbocycles. The van der Waals surface area contributed by atoms with Gasteiger partial charge in [0.15, 0.2) is 0 Å². The standard InChI is InChI=1S/C13H11ClN2S/c14-9-6-7-12(15)11(8-9)13(17)16-10-4-2-1-3-5-10/h1-8H,15H2,(H,16,17). The molecule has 0 spiro atoms. The van der Waals surface area contributed by atoms with E-state index in [1.807, 2.05) is 30.3 Å². The van der Waals surface area contributed by atoms with Gasteiger partial charge in [0.1, 0.15) is 4.99 Å². The third-order valence-corrected chi connectivity index (χ3v) is 2.85. The van der Waals surface area contributed by atoms with Crippen molar-refractivity contribution in [2.24, 2.45) is 0 Å². The van der Waals surface area contributed by atoms with Crippen molar-refractivity contribution in [2.75, 3.05) is 11.1 Å². The first kappa shape index (κ1) is 11.9. The highest BCUT2D eigenvalue weighted by molar-refractivity contribution is 7.81. The smallest absolute Gasteiger partial charge is 0.113 e. The van der Waals surface area contributed by atoms with Gasteiger partial charge in [-0.1, -0.05) is 42.0 Å². The van der Waals surface area contributed by atoms with Crippen molar-refractivity contribution >= 4 is 40.2 Å². The predicted octanol–water partition coefficient (Wildman–Crippen LogP) is 3.71. The summed E-state index contributed by atoms with van der Waals surface area (Å²) in [6, 6.07) is 14.9. The van der Waals surface area contributed by atoms with Crippen molar-refractivity contribution in [1.29, 1.82) is 0 Å². The second-order valence-corrected chi connectivity index (χ2v) is 4.40. The molecule has 0 unspecified atom stereocenters. The zero-order chi connectivity index (χ0) is 12.3. The first-order valence-electron chi connectivity index (χ1n) is 5.08. The summed E-state index contributed by atoms with van der Waals surface area (Å²) in [4.78, 5) is 0.566. The molecule has 0 saturated heterocycles. The maximum atomic E-state index is 5.92. The zero-order valence-electron chi connectivity index (χ0n) is 8.98. The molecule has 2 rings (SSSR count). The second-order valence-electron chi connectivity index (χ2n) is 3.55. The SMILES string of the molecule is Nc1ccc(Cl)cc1C(=S)Nc1ccccc1. The largest absolute Gasteiger partial charge is 0.398 e. The van der Waals surface area contributed by atoms with E-state index < -0.39 is 0 Å². The number of hydrogen-bond donors (Lipinski definition) is 2. The van der Waals surface area contributed by atoms with E-state index >= 15 is 0 Å². The lowest BCUT2D eigenvalue weighted by molar-refractivity contribution is 1.60. The maximum absolute atomic E-state index is 5.92. The lowest BCUT2D eigenvalue weighted by Gasteiger charge is -2.10. The summed E-state index contributed by atoms with van der Waals surface area (Å²) in [6.07, 6.45) is 0. The van der Waals surface area contributed by atoms with Crippen LogP contribution in [0.25, 0.3) is 0 Å². The van der Waals surface area contributed by atoms with Gasteiger partial charge in [-0.15, -0.1) is 0 Å². The summed E-state index contributed by atoms with van der Waals surface area (Å²) in [5.41, 5.74) is 8.15. The monoisotopic (exact) mass is 262 g/mol. The lowest BCUT2D eigenvalue weighted by atomic mass is 10.1. The van der Waals surface area contributed by atoms with Gasteiger partial charge in [0, 0.05) is 22.0 Å². The Kier molecular flexibility index (Phi) is 3.61. The molecule has 4 heteroatoms. The highest BCUT2D eigenvalue weighted by Gasteiger charge is 2.06. The third-order valence-electron chi connectivity index (χ3n) is 2.29. The number of nitrogen functional groups attached to an aromatic ring is 1. The fourth-order valence-electron chi connectivity index (χ4n) is 1.45. The quantitative estimate of drug-likeness (QED) is 0.640. The van der Waals surface area contributed by atoms with Crippen LogP contribution in [0.1, 0.15) is 5.56 Å². The summed E-state index contributed by atoms with van der Waals surface area (Å²) in [5.74, 6) is 0. The summed E-state index contributed by atoms with van der Waals surface area (Å²) in [7, 11) is 0. The van der Waals surface area contributed by atoms with Gasteiger partial charge < -0.3 is 11.1 Å². The molecule has 0 heterocycles. The predicted molar refractivity (Wildman–Crippen MR) is 77.6 cm³/mol.